The lowest BCUT2D eigenvalue weighted by molar-refractivity contribution is 0.107. The SMILES string of the molecule is CC[C@H](O[Si](CC)(CC)CC)[C@@H](C)[C@H]1O[C@@H]1C[C@H](C)CS(=O)(=O)c1nnnn1-c1ccccc1. The van der Waals surface area contributed by atoms with E-state index in [1.165, 1.54) is 4.68 Å². The largest absolute Gasteiger partial charge is 0.414 e. The Morgan fingerprint density at radius 3 is 2.32 bits per heavy atom. The molecule has 1 aromatic carbocycles. The summed E-state index contributed by atoms with van der Waals surface area (Å²) in [6, 6.07) is 12.5. The van der Waals surface area contributed by atoms with E-state index in [4.69, 9.17) is 9.16 Å². The van der Waals surface area contributed by atoms with E-state index in [-0.39, 0.29) is 35.1 Å². The Hall–Kier alpha value is -1.62. The monoisotopic (exact) mass is 508 g/mol. The second-order valence-electron chi connectivity index (χ2n) is 9.64. The van der Waals surface area contributed by atoms with Crippen LogP contribution >= 0.6 is 0 Å². The third-order valence-corrected chi connectivity index (χ3v) is 13.8. The molecule has 2 aromatic rings. The minimum Gasteiger partial charge on any atom is -0.414 e. The molecule has 0 spiro atoms. The summed E-state index contributed by atoms with van der Waals surface area (Å²) >= 11 is 0. The first-order chi connectivity index (χ1) is 16.2. The highest BCUT2D eigenvalue weighted by atomic mass is 32.2. The zero-order chi connectivity index (χ0) is 24.9. The molecule has 0 saturated carbocycles. The summed E-state index contributed by atoms with van der Waals surface area (Å²) < 4.78 is 40.3. The second-order valence-corrected chi connectivity index (χ2v) is 16.3. The fourth-order valence-corrected chi connectivity index (χ4v) is 9.55. The van der Waals surface area contributed by atoms with Crippen molar-refractivity contribution in [3.63, 3.8) is 0 Å². The number of nitrogens with zero attached hydrogens (tertiary/aromatic N) is 4. The molecule has 34 heavy (non-hydrogen) atoms. The first-order valence-corrected chi connectivity index (χ1v) is 16.8. The van der Waals surface area contributed by atoms with Crippen LogP contribution in [0, 0.1) is 11.8 Å². The number of epoxide rings is 1. The number of tetrazole rings is 1. The van der Waals surface area contributed by atoms with E-state index >= 15 is 0 Å². The Bertz CT molecular complexity index is 1000. The van der Waals surface area contributed by atoms with Crippen molar-refractivity contribution in [3.05, 3.63) is 30.3 Å². The van der Waals surface area contributed by atoms with Crippen LogP contribution in [-0.2, 0) is 19.0 Å². The fourth-order valence-electron chi connectivity index (χ4n) is 4.92. The molecule has 2 heterocycles. The zero-order valence-corrected chi connectivity index (χ0v) is 23.2. The van der Waals surface area contributed by atoms with Crippen molar-refractivity contribution < 1.29 is 17.6 Å². The van der Waals surface area contributed by atoms with Gasteiger partial charge in [0.05, 0.1) is 23.6 Å². The van der Waals surface area contributed by atoms with Gasteiger partial charge in [-0.15, -0.1) is 0 Å². The van der Waals surface area contributed by atoms with E-state index in [1.54, 1.807) is 12.1 Å². The maximum atomic E-state index is 13.1. The van der Waals surface area contributed by atoms with Crippen LogP contribution < -0.4 is 0 Å². The third kappa shape index (κ3) is 6.13. The molecule has 1 aliphatic rings. The smallest absolute Gasteiger partial charge is 0.272 e. The number of benzene rings is 1. The van der Waals surface area contributed by atoms with E-state index < -0.39 is 18.2 Å². The summed E-state index contributed by atoms with van der Waals surface area (Å²) in [5.74, 6) is 0.192. The molecule has 0 amide bonds. The van der Waals surface area contributed by atoms with Crippen LogP contribution in [0.4, 0.5) is 0 Å². The van der Waals surface area contributed by atoms with Crippen molar-refractivity contribution >= 4 is 18.2 Å². The molecule has 1 aromatic heterocycles. The minimum absolute atomic E-state index is 0.0214. The predicted molar refractivity (Wildman–Crippen MR) is 135 cm³/mol. The van der Waals surface area contributed by atoms with Crippen LogP contribution in [0.25, 0.3) is 5.69 Å². The molecular formula is C24H40N4O4SSi. The summed E-state index contributed by atoms with van der Waals surface area (Å²) in [6.07, 6.45) is 2.05. The maximum Gasteiger partial charge on any atom is 0.272 e. The van der Waals surface area contributed by atoms with E-state index in [9.17, 15) is 8.42 Å². The quantitative estimate of drug-likeness (QED) is 0.270. The average molecular weight is 509 g/mol. The molecule has 0 N–H and O–H groups in total. The maximum absolute atomic E-state index is 13.1. The molecule has 0 bridgehead atoms. The van der Waals surface area contributed by atoms with Gasteiger partial charge in [-0.3, -0.25) is 0 Å². The van der Waals surface area contributed by atoms with Crippen LogP contribution in [0.2, 0.25) is 18.1 Å². The molecule has 5 atom stereocenters. The topological polar surface area (TPSA) is 99.5 Å². The molecule has 0 unspecified atom stereocenters. The van der Waals surface area contributed by atoms with Gasteiger partial charge in [0, 0.05) is 12.0 Å². The van der Waals surface area contributed by atoms with Crippen LogP contribution in [-0.4, -0.2) is 61.0 Å². The van der Waals surface area contributed by atoms with Gasteiger partial charge in [-0.1, -0.05) is 64.8 Å². The van der Waals surface area contributed by atoms with Crippen LogP contribution in [0.1, 0.15) is 54.4 Å². The third-order valence-electron chi connectivity index (χ3n) is 7.32. The first kappa shape index (κ1) is 27.0. The van der Waals surface area contributed by atoms with Crippen molar-refractivity contribution in [1.82, 2.24) is 20.2 Å². The zero-order valence-electron chi connectivity index (χ0n) is 21.3. The molecule has 3 rings (SSSR count). The van der Waals surface area contributed by atoms with Crippen LogP contribution in [0.3, 0.4) is 0 Å². The van der Waals surface area contributed by atoms with Gasteiger partial charge in [0.2, 0.25) is 9.84 Å². The van der Waals surface area contributed by atoms with Crippen molar-refractivity contribution in [3.8, 4) is 5.69 Å². The molecule has 1 saturated heterocycles. The molecular weight excluding hydrogens is 468 g/mol. The fraction of sp³-hybridized carbons (Fsp3) is 0.708. The highest BCUT2D eigenvalue weighted by molar-refractivity contribution is 7.91. The van der Waals surface area contributed by atoms with Crippen molar-refractivity contribution in [2.45, 2.75) is 96.0 Å². The average Bonchev–Trinajstić information content (AvgIpc) is 3.40. The first-order valence-electron chi connectivity index (χ1n) is 12.6. The van der Waals surface area contributed by atoms with Crippen LogP contribution in [0.15, 0.2) is 35.5 Å². The highest BCUT2D eigenvalue weighted by Gasteiger charge is 2.47. The molecule has 190 valence electrons. The van der Waals surface area contributed by atoms with Gasteiger partial charge in [0.1, 0.15) is 0 Å². The van der Waals surface area contributed by atoms with Gasteiger partial charge < -0.3 is 9.16 Å². The highest BCUT2D eigenvalue weighted by Crippen LogP contribution is 2.39. The van der Waals surface area contributed by atoms with E-state index in [2.05, 4.69) is 50.1 Å². The van der Waals surface area contributed by atoms with Gasteiger partial charge in [0.15, 0.2) is 8.32 Å². The molecule has 8 nitrogen and oxygen atoms in total. The molecule has 1 aliphatic heterocycles. The Labute approximate surface area is 205 Å². The minimum atomic E-state index is -3.65. The van der Waals surface area contributed by atoms with Crippen LogP contribution in [0.5, 0.6) is 0 Å². The number of para-hydroxylation sites is 1. The summed E-state index contributed by atoms with van der Waals surface area (Å²) in [5.41, 5.74) is 0.620. The Morgan fingerprint density at radius 1 is 1.09 bits per heavy atom. The standard InChI is InChI=1S/C24H40N4O4SSi/c1-7-21(32-34(8-2,9-3)10-4)19(6)23-22(31-23)16-18(5)17-33(29,30)24-25-26-27-28(24)20-14-12-11-13-15-20/h11-15,18-19,21-23H,7-10,16-17H2,1-6H3/t18-,19+,21-,22+,23+/m0/s1. The van der Waals surface area contributed by atoms with E-state index in [1.807, 2.05) is 25.1 Å². The lowest BCUT2D eigenvalue weighted by Crippen LogP contribution is -2.43. The van der Waals surface area contributed by atoms with Gasteiger partial charge in [-0.2, -0.15) is 4.68 Å². The van der Waals surface area contributed by atoms with E-state index in [0.717, 1.165) is 24.6 Å². The number of rotatable bonds is 14. The normalized spacial score (nSPS) is 21.2. The van der Waals surface area contributed by atoms with Crippen molar-refractivity contribution in [2.24, 2.45) is 11.8 Å². The molecule has 10 heteroatoms. The molecule has 0 aliphatic carbocycles. The number of sulfone groups is 1. The summed E-state index contributed by atoms with van der Waals surface area (Å²) in [6.45, 7) is 13.1. The molecule has 1 fully saturated rings. The molecule has 0 radical (unpaired) electrons. The van der Waals surface area contributed by atoms with Crippen molar-refractivity contribution in [2.75, 3.05) is 5.75 Å². The Kier molecular flexibility index (Phi) is 9.05. The summed E-state index contributed by atoms with van der Waals surface area (Å²) in [5, 5.41) is 11.2. The summed E-state index contributed by atoms with van der Waals surface area (Å²) in [4.78, 5) is 0. The number of aromatic nitrogens is 4. The Morgan fingerprint density at radius 2 is 1.74 bits per heavy atom. The van der Waals surface area contributed by atoms with Gasteiger partial charge >= 0.3 is 0 Å². The van der Waals surface area contributed by atoms with Gasteiger partial charge in [0.25, 0.3) is 5.16 Å². The van der Waals surface area contributed by atoms with Crippen molar-refractivity contribution in [1.29, 1.82) is 0 Å². The Balaban J connectivity index is 1.59. The van der Waals surface area contributed by atoms with Gasteiger partial charge in [-0.25, -0.2) is 8.42 Å². The lowest BCUT2D eigenvalue weighted by Gasteiger charge is -2.35. The second kappa shape index (κ2) is 11.4. The van der Waals surface area contributed by atoms with Gasteiger partial charge in [-0.05, 0) is 59.5 Å². The lowest BCUT2D eigenvalue weighted by atomic mass is 9.94. The predicted octanol–water partition coefficient (Wildman–Crippen LogP) is 4.67. The number of hydrogen-bond acceptors (Lipinski definition) is 7. The summed E-state index contributed by atoms with van der Waals surface area (Å²) in [7, 11) is -5.34. The number of hydrogen-bond donors (Lipinski definition) is 0. The van der Waals surface area contributed by atoms with E-state index in [0.29, 0.717) is 18.0 Å². The number of ether oxygens (including phenoxy) is 1.